The lowest BCUT2D eigenvalue weighted by Gasteiger charge is -2.22. The van der Waals surface area contributed by atoms with Gasteiger partial charge >= 0.3 is 5.97 Å². The monoisotopic (exact) mass is 396 g/mol. The maximum absolute atomic E-state index is 11.5. The number of rotatable bonds is 7. The molecule has 0 aliphatic rings. The largest absolute Gasteiger partial charge is 0.464 e. The van der Waals surface area contributed by atoms with Gasteiger partial charge in [-0.2, -0.15) is 0 Å². The van der Waals surface area contributed by atoms with E-state index < -0.39 is 18.2 Å². The van der Waals surface area contributed by atoms with Gasteiger partial charge in [0.1, 0.15) is 0 Å². The van der Waals surface area contributed by atoms with Crippen LogP contribution in [-0.4, -0.2) is 35.0 Å². The van der Waals surface area contributed by atoms with Crippen molar-refractivity contribution in [2.24, 2.45) is 5.92 Å². The molecule has 2 N–H and O–H groups in total. The second kappa shape index (κ2) is 9.38. The summed E-state index contributed by atoms with van der Waals surface area (Å²) in [6.07, 6.45) is -2.23. The van der Waals surface area contributed by atoms with Crippen molar-refractivity contribution in [3.63, 3.8) is 0 Å². The molecule has 0 radical (unpaired) electrons. The molecular weight excluding hydrogens is 375 g/mol. The Morgan fingerprint density at radius 1 is 1.04 bits per heavy atom. The lowest BCUT2D eigenvalue weighted by Crippen LogP contribution is -2.40. The Morgan fingerprint density at radius 3 is 2.15 bits per heavy atom. The minimum absolute atomic E-state index is 0.159. The molecular formula is C20H22Cl2O4. The van der Waals surface area contributed by atoms with Crippen LogP contribution in [0.15, 0.2) is 42.5 Å². The van der Waals surface area contributed by atoms with Crippen LogP contribution in [0.1, 0.15) is 19.4 Å². The number of carbonyl (C=O) groups excluding carboxylic acids is 1. The van der Waals surface area contributed by atoms with Gasteiger partial charge in [0.05, 0.1) is 12.7 Å². The van der Waals surface area contributed by atoms with Crippen LogP contribution in [0.5, 0.6) is 0 Å². The molecule has 140 valence electrons. The summed E-state index contributed by atoms with van der Waals surface area (Å²) in [7, 11) is 0. The number of halogens is 2. The summed E-state index contributed by atoms with van der Waals surface area (Å²) in [5, 5.41) is 21.2. The zero-order chi connectivity index (χ0) is 19.3. The Hall–Kier alpha value is -1.59. The fourth-order valence-corrected chi connectivity index (χ4v) is 3.25. The van der Waals surface area contributed by atoms with E-state index in [9.17, 15) is 15.0 Å². The lowest BCUT2D eigenvalue weighted by molar-refractivity contribution is -0.161. The number of benzene rings is 2. The third-order valence-corrected chi connectivity index (χ3v) is 4.58. The Balaban J connectivity index is 2.05. The number of aliphatic hydroxyl groups is 2. The molecule has 0 amide bonds. The highest BCUT2D eigenvalue weighted by atomic mass is 35.5. The second-order valence-electron chi connectivity index (χ2n) is 6.22. The number of hydrogen-bond donors (Lipinski definition) is 2. The minimum Gasteiger partial charge on any atom is -0.464 e. The Bertz CT molecular complexity index is 726. The third-order valence-electron chi connectivity index (χ3n) is 4.14. The summed E-state index contributed by atoms with van der Waals surface area (Å²) in [5.41, 5.74) is 2.86. The van der Waals surface area contributed by atoms with E-state index in [1.165, 1.54) is 0 Å². The van der Waals surface area contributed by atoms with Gasteiger partial charge in [0.2, 0.25) is 0 Å². The maximum atomic E-state index is 11.5. The van der Waals surface area contributed by atoms with E-state index in [4.69, 9.17) is 27.9 Å². The SMILES string of the molecule is CCOC(=O)C(O)C(O)C(C)Cc1ccc(-c2cc(Cl)cc(Cl)c2)cc1. The zero-order valence-corrected chi connectivity index (χ0v) is 16.2. The van der Waals surface area contributed by atoms with E-state index in [1.54, 1.807) is 19.9 Å². The number of carbonyl (C=O) groups is 1. The molecule has 4 nitrogen and oxygen atoms in total. The van der Waals surface area contributed by atoms with Gasteiger partial charge in [0.25, 0.3) is 0 Å². The third kappa shape index (κ3) is 5.45. The van der Waals surface area contributed by atoms with Gasteiger partial charge in [-0.3, -0.25) is 0 Å². The molecule has 0 aliphatic heterocycles. The van der Waals surface area contributed by atoms with Crippen LogP contribution in [-0.2, 0) is 16.0 Å². The predicted molar refractivity (Wildman–Crippen MR) is 103 cm³/mol. The van der Waals surface area contributed by atoms with Crippen molar-refractivity contribution < 1.29 is 19.7 Å². The van der Waals surface area contributed by atoms with Crippen LogP contribution in [0.2, 0.25) is 10.0 Å². The highest BCUT2D eigenvalue weighted by Gasteiger charge is 2.29. The molecule has 0 heterocycles. The summed E-state index contributed by atoms with van der Waals surface area (Å²) in [6.45, 7) is 3.58. The molecule has 0 bridgehead atoms. The van der Waals surface area contributed by atoms with Gasteiger partial charge in [-0.05, 0) is 54.2 Å². The fourth-order valence-electron chi connectivity index (χ4n) is 2.72. The first-order valence-corrected chi connectivity index (χ1v) is 9.15. The van der Waals surface area contributed by atoms with Crippen molar-refractivity contribution in [1.82, 2.24) is 0 Å². The van der Waals surface area contributed by atoms with Crippen molar-refractivity contribution in [2.75, 3.05) is 6.61 Å². The average molecular weight is 397 g/mol. The zero-order valence-electron chi connectivity index (χ0n) is 14.7. The van der Waals surface area contributed by atoms with Crippen molar-refractivity contribution in [2.45, 2.75) is 32.5 Å². The van der Waals surface area contributed by atoms with Gasteiger partial charge < -0.3 is 14.9 Å². The first-order chi connectivity index (χ1) is 12.3. The van der Waals surface area contributed by atoms with Crippen LogP contribution in [0.25, 0.3) is 11.1 Å². The summed E-state index contributed by atoms with van der Waals surface area (Å²) < 4.78 is 4.74. The molecule has 2 rings (SSSR count). The average Bonchev–Trinajstić information content (AvgIpc) is 2.60. The number of hydrogen-bond acceptors (Lipinski definition) is 4. The van der Waals surface area contributed by atoms with Crippen molar-refractivity contribution in [3.8, 4) is 11.1 Å². The van der Waals surface area contributed by atoms with Crippen LogP contribution in [0.4, 0.5) is 0 Å². The molecule has 0 saturated heterocycles. The predicted octanol–water partition coefficient (Wildman–Crippen LogP) is 4.12. The van der Waals surface area contributed by atoms with Crippen LogP contribution in [0, 0.1) is 5.92 Å². The van der Waals surface area contributed by atoms with Crippen LogP contribution in [0.3, 0.4) is 0 Å². The smallest absolute Gasteiger partial charge is 0.337 e. The molecule has 3 unspecified atom stereocenters. The first kappa shape index (κ1) is 20.7. The Kier molecular flexibility index (Phi) is 7.47. The highest BCUT2D eigenvalue weighted by molar-refractivity contribution is 6.35. The number of aliphatic hydroxyl groups excluding tert-OH is 2. The summed E-state index contributed by atoms with van der Waals surface area (Å²) >= 11 is 12.1. The Labute approximate surface area is 163 Å². The van der Waals surface area contributed by atoms with Crippen molar-refractivity contribution in [3.05, 3.63) is 58.1 Å². The standard InChI is InChI=1S/C20H22Cl2O4/c1-3-26-20(25)19(24)18(23)12(2)8-13-4-6-14(7-5-13)15-9-16(21)11-17(22)10-15/h4-7,9-12,18-19,23-24H,3,8H2,1-2H3. The van der Waals surface area contributed by atoms with Gasteiger partial charge in [0.15, 0.2) is 6.10 Å². The molecule has 2 aromatic rings. The molecule has 6 heteroatoms. The van der Waals surface area contributed by atoms with E-state index in [-0.39, 0.29) is 12.5 Å². The molecule has 0 aliphatic carbocycles. The van der Waals surface area contributed by atoms with Crippen LogP contribution >= 0.6 is 23.2 Å². The number of ether oxygens (including phenoxy) is 1. The molecule has 0 spiro atoms. The topological polar surface area (TPSA) is 66.8 Å². The van der Waals surface area contributed by atoms with Gasteiger partial charge in [-0.15, -0.1) is 0 Å². The molecule has 26 heavy (non-hydrogen) atoms. The van der Waals surface area contributed by atoms with E-state index in [1.807, 2.05) is 36.4 Å². The van der Waals surface area contributed by atoms with E-state index in [0.29, 0.717) is 16.5 Å². The van der Waals surface area contributed by atoms with E-state index in [0.717, 1.165) is 16.7 Å². The van der Waals surface area contributed by atoms with E-state index in [2.05, 4.69) is 0 Å². The van der Waals surface area contributed by atoms with Gasteiger partial charge in [-0.1, -0.05) is 54.4 Å². The maximum Gasteiger partial charge on any atom is 0.337 e. The van der Waals surface area contributed by atoms with E-state index >= 15 is 0 Å². The highest BCUT2D eigenvalue weighted by Crippen LogP contribution is 2.28. The number of esters is 1. The molecule has 3 atom stereocenters. The van der Waals surface area contributed by atoms with Gasteiger partial charge in [0, 0.05) is 10.0 Å². The molecule has 2 aromatic carbocycles. The minimum atomic E-state index is -1.54. The quantitative estimate of drug-likeness (QED) is 0.690. The Morgan fingerprint density at radius 2 is 1.62 bits per heavy atom. The normalized spacial score (nSPS) is 14.5. The summed E-state index contributed by atoms with van der Waals surface area (Å²) in [4.78, 5) is 11.5. The van der Waals surface area contributed by atoms with Gasteiger partial charge in [-0.25, -0.2) is 4.79 Å². The van der Waals surface area contributed by atoms with Crippen LogP contribution < -0.4 is 0 Å². The molecule has 0 fully saturated rings. The summed E-state index contributed by atoms with van der Waals surface area (Å²) in [6, 6.07) is 13.1. The van der Waals surface area contributed by atoms with Crippen molar-refractivity contribution in [1.29, 1.82) is 0 Å². The lowest BCUT2D eigenvalue weighted by atomic mass is 9.92. The molecule has 0 aromatic heterocycles. The summed E-state index contributed by atoms with van der Waals surface area (Å²) in [5.74, 6) is -1.12. The second-order valence-corrected chi connectivity index (χ2v) is 7.10. The first-order valence-electron chi connectivity index (χ1n) is 8.40. The van der Waals surface area contributed by atoms with Crippen molar-refractivity contribution >= 4 is 29.2 Å². The molecule has 0 saturated carbocycles. The fraction of sp³-hybridized carbons (Fsp3) is 0.350.